The molecule has 2 N–H and O–H groups in total. The van der Waals surface area contributed by atoms with Crippen LogP contribution in [0.2, 0.25) is 0 Å². The third-order valence-electron chi connectivity index (χ3n) is 2.97. The Kier molecular flexibility index (Phi) is 3.02. The highest BCUT2D eigenvalue weighted by Crippen LogP contribution is 2.22. The van der Waals surface area contributed by atoms with E-state index in [1.165, 1.54) is 0 Å². The lowest BCUT2D eigenvalue weighted by atomic mass is 10.2. The molecule has 0 aliphatic carbocycles. The lowest BCUT2D eigenvalue weighted by Crippen LogP contribution is -2.01. The van der Waals surface area contributed by atoms with E-state index in [-0.39, 0.29) is 0 Å². The lowest BCUT2D eigenvalue weighted by molar-refractivity contribution is 0.399. The third-order valence-corrected chi connectivity index (χ3v) is 2.97. The molecule has 0 aliphatic rings. The molecule has 0 saturated heterocycles. The zero-order valence-corrected chi connectivity index (χ0v) is 10.6. The van der Waals surface area contributed by atoms with E-state index in [9.17, 15) is 0 Å². The summed E-state index contributed by atoms with van der Waals surface area (Å²) in [7, 11) is 1.61. The summed E-state index contributed by atoms with van der Waals surface area (Å²) in [6, 6.07) is 7.81. The summed E-state index contributed by atoms with van der Waals surface area (Å²) in [6.07, 6.45) is 5.45. The second-order valence-electron chi connectivity index (χ2n) is 4.13. The minimum Gasteiger partial charge on any atom is -0.480 e. The average molecular weight is 254 g/mol. The summed E-state index contributed by atoms with van der Waals surface area (Å²) >= 11 is 0. The largest absolute Gasteiger partial charge is 0.480 e. The number of aromatic nitrogens is 3. The van der Waals surface area contributed by atoms with E-state index in [1.54, 1.807) is 19.5 Å². The van der Waals surface area contributed by atoms with Gasteiger partial charge in [-0.05, 0) is 29.8 Å². The Bertz CT molecular complexity index is 692. The van der Waals surface area contributed by atoms with Gasteiger partial charge in [-0.3, -0.25) is 0 Å². The van der Waals surface area contributed by atoms with E-state index in [0.717, 1.165) is 22.3 Å². The number of hydrogen-bond acceptors (Lipinski definition) is 4. The summed E-state index contributed by atoms with van der Waals surface area (Å²) in [5.41, 5.74) is 2.94. The van der Waals surface area contributed by atoms with Gasteiger partial charge in [-0.15, -0.1) is 0 Å². The van der Waals surface area contributed by atoms with Crippen molar-refractivity contribution in [3.8, 4) is 5.88 Å². The number of aromatic amines is 1. The molecule has 96 valence electrons. The third kappa shape index (κ3) is 2.22. The highest BCUT2D eigenvalue weighted by molar-refractivity contribution is 5.79. The van der Waals surface area contributed by atoms with Crippen LogP contribution >= 0.6 is 0 Å². The number of nitrogens with zero attached hydrogens (tertiary/aromatic N) is 2. The second-order valence-corrected chi connectivity index (χ2v) is 4.13. The fraction of sp³-hybridized carbons (Fsp3) is 0.143. The molecule has 0 atom stereocenters. The highest BCUT2D eigenvalue weighted by Gasteiger charge is 2.06. The molecule has 19 heavy (non-hydrogen) atoms. The highest BCUT2D eigenvalue weighted by atomic mass is 16.5. The van der Waals surface area contributed by atoms with Crippen molar-refractivity contribution in [3.63, 3.8) is 0 Å². The molecule has 0 unspecified atom stereocenters. The van der Waals surface area contributed by atoms with E-state index >= 15 is 0 Å². The molecule has 3 heterocycles. The van der Waals surface area contributed by atoms with Crippen LogP contribution in [-0.2, 0) is 6.54 Å². The van der Waals surface area contributed by atoms with Gasteiger partial charge >= 0.3 is 0 Å². The number of nitrogens with one attached hydrogen (secondary N) is 2. The van der Waals surface area contributed by atoms with Crippen LogP contribution in [0, 0.1) is 0 Å². The van der Waals surface area contributed by atoms with Crippen LogP contribution in [0.4, 0.5) is 5.69 Å². The van der Waals surface area contributed by atoms with Gasteiger partial charge in [-0.25, -0.2) is 9.97 Å². The van der Waals surface area contributed by atoms with E-state index in [2.05, 4.69) is 26.3 Å². The minimum atomic E-state index is 0.598. The van der Waals surface area contributed by atoms with E-state index in [1.807, 2.05) is 24.4 Å². The van der Waals surface area contributed by atoms with Crippen molar-refractivity contribution in [2.45, 2.75) is 6.54 Å². The van der Waals surface area contributed by atoms with Crippen molar-refractivity contribution >= 4 is 16.7 Å². The molecule has 3 rings (SSSR count). The van der Waals surface area contributed by atoms with Crippen LogP contribution in [0.1, 0.15) is 5.56 Å². The van der Waals surface area contributed by atoms with Gasteiger partial charge in [-0.2, -0.15) is 0 Å². The van der Waals surface area contributed by atoms with Crippen LogP contribution in [0.25, 0.3) is 11.0 Å². The van der Waals surface area contributed by atoms with Gasteiger partial charge in [0.15, 0.2) is 0 Å². The summed E-state index contributed by atoms with van der Waals surface area (Å²) in [4.78, 5) is 11.6. The van der Waals surface area contributed by atoms with Crippen molar-refractivity contribution in [2.24, 2.45) is 0 Å². The Labute approximate surface area is 110 Å². The van der Waals surface area contributed by atoms with Gasteiger partial charge in [0.2, 0.25) is 5.88 Å². The van der Waals surface area contributed by atoms with E-state index in [4.69, 9.17) is 4.74 Å². The number of pyridine rings is 2. The average Bonchev–Trinajstić information content (AvgIpc) is 2.89. The Hall–Kier alpha value is -2.56. The smallest absolute Gasteiger partial charge is 0.237 e. The first-order valence-electron chi connectivity index (χ1n) is 6.02. The first-order chi connectivity index (χ1) is 9.38. The Morgan fingerprint density at radius 3 is 2.95 bits per heavy atom. The number of fused-ring (bicyclic) bond motifs is 1. The number of H-pyrrole nitrogens is 1. The standard InChI is InChI=1S/C14H14N4O/c1-19-14-12(5-3-7-16-14)17-8-10-9-18-13-11(10)4-2-6-15-13/h2-7,9,17H,8H2,1H3,(H,15,18). The van der Waals surface area contributed by atoms with Crippen molar-refractivity contribution in [3.05, 3.63) is 48.4 Å². The maximum atomic E-state index is 5.21. The van der Waals surface area contributed by atoms with Gasteiger partial charge < -0.3 is 15.0 Å². The quantitative estimate of drug-likeness (QED) is 0.751. The molecule has 0 bridgehead atoms. The number of methoxy groups -OCH3 is 1. The molecule has 0 amide bonds. The summed E-state index contributed by atoms with van der Waals surface area (Å²) < 4.78 is 5.21. The van der Waals surface area contributed by atoms with Crippen LogP contribution in [0.5, 0.6) is 5.88 Å². The van der Waals surface area contributed by atoms with E-state index in [0.29, 0.717) is 12.4 Å². The Morgan fingerprint density at radius 1 is 1.21 bits per heavy atom. The lowest BCUT2D eigenvalue weighted by Gasteiger charge is -2.09. The molecule has 0 radical (unpaired) electrons. The van der Waals surface area contributed by atoms with Crippen LogP contribution in [0.3, 0.4) is 0 Å². The minimum absolute atomic E-state index is 0.598. The summed E-state index contributed by atoms with van der Waals surface area (Å²) in [5, 5.41) is 4.45. The van der Waals surface area contributed by atoms with Crippen LogP contribution in [0.15, 0.2) is 42.9 Å². The molecule has 0 saturated carbocycles. The van der Waals surface area contributed by atoms with Gasteiger partial charge in [-0.1, -0.05) is 0 Å². The molecule has 3 aromatic heterocycles. The van der Waals surface area contributed by atoms with Gasteiger partial charge in [0, 0.05) is 30.5 Å². The maximum absolute atomic E-state index is 5.21. The molecule has 5 heteroatoms. The van der Waals surface area contributed by atoms with Crippen LogP contribution < -0.4 is 10.1 Å². The SMILES string of the molecule is COc1ncccc1NCc1c[nH]c2ncccc12. The second kappa shape index (κ2) is 4.97. The maximum Gasteiger partial charge on any atom is 0.237 e. The first kappa shape index (κ1) is 11.5. The normalized spacial score (nSPS) is 10.6. The fourth-order valence-corrected chi connectivity index (χ4v) is 2.04. The van der Waals surface area contributed by atoms with E-state index < -0.39 is 0 Å². The molecular weight excluding hydrogens is 240 g/mol. The molecule has 0 spiro atoms. The predicted molar refractivity (Wildman–Crippen MR) is 74.2 cm³/mol. The van der Waals surface area contributed by atoms with Crippen LogP contribution in [-0.4, -0.2) is 22.1 Å². The molecule has 5 nitrogen and oxygen atoms in total. The summed E-state index contributed by atoms with van der Waals surface area (Å²) in [5.74, 6) is 0.598. The zero-order chi connectivity index (χ0) is 13.1. The number of rotatable bonds is 4. The number of ether oxygens (including phenoxy) is 1. The predicted octanol–water partition coefficient (Wildman–Crippen LogP) is 2.58. The molecule has 0 aliphatic heterocycles. The van der Waals surface area contributed by atoms with Gasteiger partial charge in [0.1, 0.15) is 5.65 Å². The van der Waals surface area contributed by atoms with Crippen molar-refractivity contribution < 1.29 is 4.74 Å². The Morgan fingerprint density at radius 2 is 2.05 bits per heavy atom. The number of anilines is 1. The fourth-order valence-electron chi connectivity index (χ4n) is 2.04. The van der Waals surface area contributed by atoms with Crippen molar-refractivity contribution in [1.82, 2.24) is 15.0 Å². The Balaban J connectivity index is 1.82. The van der Waals surface area contributed by atoms with Crippen molar-refractivity contribution in [2.75, 3.05) is 12.4 Å². The monoisotopic (exact) mass is 254 g/mol. The van der Waals surface area contributed by atoms with Crippen molar-refractivity contribution in [1.29, 1.82) is 0 Å². The zero-order valence-electron chi connectivity index (χ0n) is 10.6. The first-order valence-corrected chi connectivity index (χ1v) is 6.02. The molecular formula is C14H14N4O. The van der Waals surface area contributed by atoms with Gasteiger partial charge in [0.25, 0.3) is 0 Å². The molecule has 3 aromatic rings. The topological polar surface area (TPSA) is 62.8 Å². The molecule has 0 aromatic carbocycles. The molecule has 0 fully saturated rings. The summed E-state index contributed by atoms with van der Waals surface area (Å²) in [6.45, 7) is 0.688. The number of hydrogen-bond donors (Lipinski definition) is 2. The van der Waals surface area contributed by atoms with Gasteiger partial charge in [0.05, 0.1) is 12.8 Å².